The van der Waals surface area contributed by atoms with Gasteiger partial charge in [-0.1, -0.05) is 38.3 Å². The molecule has 7 heteroatoms. The second kappa shape index (κ2) is 9.67. The number of hydrogen-bond donors (Lipinski definition) is 1. The van der Waals surface area contributed by atoms with E-state index in [4.69, 9.17) is 9.47 Å². The highest BCUT2D eigenvalue weighted by Crippen LogP contribution is 2.31. The zero-order valence-corrected chi connectivity index (χ0v) is 17.0. The molecule has 1 heterocycles. The van der Waals surface area contributed by atoms with Gasteiger partial charge in [0.15, 0.2) is 0 Å². The molecule has 2 amide bonds. The summed E-state index contributed by atoms with van der Waals surface area (Å²) < 4.78 is 10.5. The number of rotatable bonds is 6. The van der Waals surface area contributed by atoms with E-state index in [-0.39, 0.29) is 5.97 Å². The van der Waals surface area contributed by atoms with Crippen LogP contribution in [0.2, 0.25) is 0 Å². The third-order valence-electron chi connectivity index (χ3n) is 5.69. The summed E-state index contributed by atoms with van der Waals surface area (Å²) in [6.07, 6.45) is 6.20. The molecule has 1 N–H and O–H groups in total. The lowest BCUT2D eigenvalue weighted by molar-refractivity contribution is -0.148. The summed E-state index contributed by atoms with van der Waals surface area (Å²) in [7, 11) is 1.31. The van der Waals surface area contributed by atoms with E-state index in [1.54, 1.807) is 24.3 Å². The summed E-state index contributed by atoms with van der Waals surface area (Å²) >= 11 is 0. The molecule has 0 bridgehead atoms. The van der Waals surface area contributed by atoms with Crippen molar-refractivity contribution in [2.45, 2.75) is 51.5 Å². The van der Waals surface area contributed by atoms with Crippen LogP contribution >= 0.6 is 0 Å². The molecule has 1 aliphatic carbocycles. The van der Waals surface area contributed by atoms with Crippen molar-refractivity contribution in [3.8, 4) is 0 Å². The Morgan fingerprint density at radius 3 is 2.66 bits per heavy atom. The summed E-state index contributed by atoms with van der Waals surface area (Å²) in [6.45, 7) is 2.26. The number of urea groups is 1. The largest absolute Gasteiger partial charge is 0.465 e. The second-order valence-electron chi connectivity index (χ2n) is 7.61. The maximum absolute atomic E-state index is 13.0. The smallest absolute Gasteiger partial charge is 0.341 e. The summed E-state index contributed by atoms with van der Waals surface area (Å²) in [6, 6.07) is 5.61. The van der Waals surface area contributed by atoms with E-state index in [1.165, 1.54) is 26.4 Å². The van der Waals surface area contributed by atoms with E-state index in [9.17, 15) is 14.4 Å². The molecule has 1 aromatic carbocycles. The molecule has 0 spiro atoms. The number of hydrogen-bond acceptors (Lipinski definition) is 5. The Kier molecular flexibility index (Phi) is 7.01. The third kappa shape index (κ3) is 5.02. The van der Waals surface area contributed by atoms with Crippen LogP contribution in [0.15, 0.2) is 29.3 Å². The van der Waals surface area contributed by atoms with Crippen molar-refractivity contribution in [1.29, 1.82) is 0 Å². The average molecular weight is 400 g/mol. The molecule has 29 heavy (non-hydrogen) atoms. The van der Waals surface area contributed by atoms with Gasteiger partial charge in [0.25, 0.3) is 0 Å². The molecular weight excluding hydrogens is 372 g/mol. The maximum Gasteiger partial charge on any atom is 0.341 e. The van der Waals surface area contributed by atoms with Crippen LogP contribution in [0.5, 0.6) is 0 Å². The van der Waals surface area contributed by atoms with Crippen LogP contribution in [0, 0.1) is 11.8 Å². The molecule has 1 fully saturated rings. The topological polar surface area (TPSA) is 94.1 Å². The first-order valence-electron chi connectivity index (χ1n) is 10.3. The Labute approximate surface area is 170 Å². The van der Waals surface area contributed by atoms with Crippen LogP contribution in [-0.2, 0) is 14.3 Å². The molecule has 7 nitrogen and oxygen atoms in total. The summed E-state index contributed by atoms with van der Waals surface area (Å²) in [5.41, 5.74) is 1.49. The molecule has 1 saturated carbocycles. The highest BCUT2D eigenvalue weighted by atomic mass is 16.5. The number of ether oxygens (including phenoxy) is 2. The van der Waals surface area contributed by atoms with Gasteiger partial charge in [-0.25, -0.2) is 14.6 Å². The van der Waals surface area contributed by atoms with Crippen LogP contribution in [-0.4, -0.2) is 37.4 Å². The van der Waals surface area contributed by atoms with Crippen molar-refractivity contribution in [1.82, 2.24) is 5.32 Å². The molecule has 3 rings (SSSR count). The van der Waals surface area contributed by atoms with E-state index in [2.05, 4.69) is 10.3 Å². The average Bonchev–Trinajstić information content (AvgIpc) is 2.77. The van der Waals surface area contributed by atoms with Gasteiger partial charge in [0, 0.05) is 5.71 Å². The number of nitrogens with one attached hydrogen (secondary N) is 1. The van der Waals surface area contributed by atoms with Crippen molar-refractivity contribution in [2.75, 3.05) is 13.7 Å². The number of amides is 2. The molecular formula is C22H28N2O5. The molecule has 0 saturated heterocycles. The number of carbonyl (C=O) groups is 3. The summed E-state index contributed by atoms with van der Waals surface area (Å²) in [5.74, 6) is -1.18. The minimum Gasteiger partial charge on any atom is -0.465 e. The third-order valence-corrected chi connectivity index (χ3v) is 5.69. The SMILES string of the molecule is CCC1=NC(=O)NC(c2cccc(C(=O)OC)c2)C1C(=O)OCC1CCCCC1. The molecule has 0 aromatic heterocycles. The molecule has 0 radical (unpaired) electrons. The fourth-order valence-electron chi connectivity index (χ4n) is 4.11. The van der Waals surface area contributed by atoms with E-state index in [0.29, 0.717) is 35.8 Å². The molecule has 2 atom stereocenters. The molecule has 2 aliphatic rings. The number of aliphatic imine (C=N–C) groups is 1. The summed E-state index contributed by atoms with van der Waals surface area (Å²) in [4.78, 5) is 41.1. The lowest BCUT2D eigenvalue weighted by Crippen LogP contribution is -2.45. The highest BCUT2D eigenvalue weighted by molar-refractivity contribution is 6.09. The quantitative estimate of drug-likeness (QED) is 0.733. The Hall–Kier alpha value is -2.70. The molecule has 156 valence electrons. The van der Waals surface area contributed by atoms with E-state index < -0.39 is 24.0 Å². The first kappa shape index (κ1) is 21.0. The van der Waals surface area contributed by atoms with Gasteiger partial charge in [0.2, 0.25) is 0 Å². The van der Waals surface area contributed by atoms with Crippen LogP contribution in [0.1, 0.15) is 67.4 Å². The zero-order chi connectivity index (χ0) is 20.8. The number of carbonyl (C=O) groups excluding carboxylic acids is 3. The van der Waals surface area contributed by atoms with Gasteiger partial charge in [0.05, 0.1) is 25.3 Å². The van der Waals surface area contributed by atoms with Crippen LogP contribution in [0.25, 0.3) is 0 Å². The van der Waals surface area contributed by atoms with Crippen molar-refractivity contribution < 1.29 is 23.9 Å². The van der Waals surface area contributed by atoms with Gasteiger partial charge >= 0.3 is 18.0 Å². The normalized spacial score (nSPS) is 22.4. The molecule has 1 aliphatic heterocycles. The minimum absolute atomic E-state index is 0.356. The zero-order valence-electron chi connectivity index (χ0n) is 17.0. The highest BCUT2D eigenvalue weighted by Gasteiger charge is 2.39. The fraction of sp³-hybridized carbons (Fsp3) is 0.545. The fourth-order valence-corrected chi connectivity index (χ4v) is 4.11. The van der Waals surface area contributed by atoms with Crippen molar-refractivity contribution in [3.63, 3.8) is 0 Å². The van der Waals surface area contributed by atoms with Gasteiger partial charge in [-0.2, -0.15) is 0 Å². The first-order chi connectivity index (χ1) is 14.0. The van der Waals surface area contributed by atoms with E-state index in [0.717, 1.165) is 12.8 Å². The minimum atomic E-state index is -0.714. The second-order valence-corrected chi connectivity index (χ2v) is 7.61. The van der Waals surface area contributed by atoms with Gasteiger partial charge in [-0.05, 0) is 42.9 Å². The maximum atomic E-state index is 13.0. The van der Waals surface area contributed by atoms with Crippen LogP contribution in [0.4, 0.5) is 4.79 Å². The lowest BCUT2D eigenvalue weighted by atomic mass is 9.86. The van der Waals surface area contributed by atoms with E-state index in [1.807, 2.05) is 6.92 Å². The summed E-state index contributed by atoms with van der Waals surface area (Å²) in [5, 5.41) is 2.77. The Bertz CT molecular complexity index is 798. The van der Waals surface area contributed by atoms with Crippen molar-refractivity contribution in [3.05, 3.63) is 35.4 Å². The Balaban J connectivity index is 1.83. The van der Waals surface area contributed by atoms with Gasteiger partial charge < -0.3 is 14.8 Å². The van der Waals surface area contributed by atoms with Gasteiger partial charge in [-0.3, -0.25) is 4.79 Å². The van der Waals surface area contributed by atoms with Gasteiger partial charge in [-0.15, -0.1) is 0 Å². The van der Waals surface area contributed by atoms with E-state index >= 15 is 0 Å². The van der Waals surface area contributed by atoms with Crippen molar-refractivity contribution in [2.24, 2.45) is 16.8 Å². The number of benzene rings is 1. The number of nitrogens with zero attached hydrogens (tertiary/aromatic N) is 1. The molecule has 1 aromatic rings. The van der Waals surface area contributed by atoms with Crippen LogP contribution < -0.4 is 5.32 Å². The predicted molar refractivity (Wildman–Crippen MR) is 108 cm³/mol. The predicted octanol–water partition coefficient (Wildman–Crippen LogP) is 3.83. The number of esters is 2. The Morgan fingerprint density at radius 1 is 1.21 bits per heavy atom. The number of methoxy groups -OCH3 is 1. The van der Waals surface area contributed by atoms with Gasteiger partial charge in [0.1, 0.15) is 5.92 Å². The van der Waals surface area contributed by atoms with Crippen molar-refractivity contribution >= 4 is 23.7 Å². The monoisotopic (exact) mass is 400 g/mol. The lowest BCUT2D eigenvalue weighted by Gasteiger charge is -2.31. The standard InChI is InChI=1S/C22H28N2O5/c1-3-17-18(21(26)29-13-14-8-5-4-6-9-14)19(24-22(27)23-17)15-10-7-11-16(12-15)20(25)28-2/h7,10-12,14,18-19H,3-6,8-9,13H2,1-2H3,(H,24,27). The van der Waals surface area contributed by atoms with Crippen LogP contribution in [0.3, 0.4) is 0 Å². The first-order valence-corrected chi connectivity index (χ1v) is 10.3. The molecule has 2 unspecified atom stereocenters. The Morgan fingerprint density at radius 2 is 1.97 bits per heavy atom.